The van der Waals surface area contributed by atoms with Gasteiger partial charge in [-0.25, -0.2) is 9.97 Å². The highest BCUT2D eigenvalue weighted by Crippen LogP contribution is 2.32. The second-order valence-corrected chi connectivity index (χ2v) is 5.90. The van der Waals surface area contributed by atoms with Crippen LogP contribution in [0.15, 0.2) is 22.2 Å². The average Bonchev–Trinajstić information content (AvgIpc) is 3.01. The molecule has 3 rings (SSSR count). The minimum absolute atomic E-state index is 0.0184. The second-order valence-electron chi connectivity index (χ2n) is 4.94. The Labute approximate surface area is 132 Å². The topological polar surface area (TPSA) is 77.1 Å². The molecule has 0 saturated carbocycles. The van der Waals surface area contributed by atoms with Gasteiger partial charge in [0.2, 0.25) is 5.88 Å². The zero-order chi connectivity index (χ0) is 15.5. The van der Waals surface area contributed by atoms with E-state index in [-0.39, 0.29) is 5.56 Å². The fourth-order valence-corrected chi connectivity index (χ4v) is 3.47. The molecule has 1 N–H and O–H groups in total. The molecule has 22 heavy (non-hydrogen) atoms. The first-order chi connectivity index (χ1) is 10.7. The Balaban J connectivity index is 1.84. The summed E-state index contributed by atoms with van der Waals surface area (Å²) in [6.45, 7) is 0. The molecule has 2 aromatic heterocycles. The standard InChI is InChI=1S/C15H17N3O3S/c1-20-12-6-7-16-14(21-2)10(12)8-22-15-17-11-5-3-4-9(11)13(19)18-15/h6-7H,3-5,8H2,1-2H3,(H,17,18,19). The van der Waals surface area contributed by atoms with Crippen molar-refractivity contribution in [2.75, 3.05) is 14.2 Å². The lowest BCUT2D eigenvalue weighted by Crippen LogP contribution is -2.15. The van der Waals surface area contributed by atoms with E-state index in [9.17, 15) is 4.79 Å². The number of aromatic nitrogens is 3. The van der Waals surface area contributed by atoms with Gasteiger partial charge in [0.05, 0.1) is 25.5 Å². The van der Waals surface area contributed by atoms with Crippen molar-refractivity contribution in [2.45, 2.75) is 30.2 Å². The number of fused-ring (bicyclic) bond motifs is 1. The quantitative estimate of drug-likeness (QED) is 0.670. The minimum atomic E-state index is -0.0184. The molecule has 0 bridgehead atoms. The van der Waals surface area contributed by atoms with Gasteiger partial charge in [-0.1, -0.05) is 11.8 Å². The summed E-state index contributed by atoms with van der Waals surface area (Å²) in [6.07, 6.45) is 4.35. The highest BCUT2D eigenvalue weighted by Gasteiger charge is 2.18. The Hall–Kier alpha value is -2.02. The molecule has 0 aromatic carbocycles. The first-order valence-electron chi connectivity index (χ1n) is 7.03. The van der Waals surface area contributed by atoms with E-state index in [0.29, 0.717) is 22.5 Å². The number of rotatable bonds is 5. The molecular formula is C15H17N3O3S. The van der Waals surface area contributed by atoms with Crippen LogP contribution < -0.4 is 15.0 Å². The number of methoxy groups -OCH3 is 2. The van der Waals surface area contributed by atoms with Gasteiger partial charge >= 0.3 is 0 Å². The molecule has 0 aliphatic heterocycles. The molecule has 0 amide bonds. The first-order valence-corrected chi connectivity index (χ1v) is 8.02. The summed E-state index contributed by atoms with van der Waals surface area (Å²) in [7, 11) is 3.18. The first kappa shape index (κ1) is 14.9. The monoisotopic (exact) mass is 319 g/mol. The van der Waals surface area contributed by atoms with E-state index in [0.717, 1.165) is 36.1 Å². The van der Waals surface area contributed by atoms with Gasteiger partial charge in [0.15, 0.2) is 5.16 Å². The van der Waals surface area contributed by atoms with E-state index in [1.54, 1.807) is 26.5 Å². The van der Waals surface area contributed by atoms with Crippen molar-refractivity contribution >= 4 is 11.8 Å². The third-order valence-electron chi connectivity index (χ3n) is 3.66. The van der Waals surface area contributed by atoms with Crippen LogP contribution in [-0.2, 0) is 18.6 Å². The summed E-state index contributed by atoms with van der Waals surface area (Å²) in [6, 6.07) is 1.79. The maximum atomic E-state index is 12.0. The number of aromatic amines is 1. The Morgan fingerprint density at radius 3 is 2.95 bits per heavy atom. The highest BCUT2D eigenvalue weighted by molar-refractivity contribution is 7.98. The molecular weight excluding hydrogens is 302 g/mol. The number of nitrogens with one attached hydrogen (secondary N) is 1. The molecule has 2 aromatic rings. The predicted molar refractivity (Wildman–Crippen MR) is 83.8 cm³/mol. The number of aryl methyl sites for hydroxylation is 1. The van der Waals surface area contributed by atoms with Crippen molar-refractivity contribution in [2.24, 2.45) is 0 Å². The van der Waals surface area contributed by atoms with Gasteiger partial charge in [-0.3, -0.25) is 4.79 Å². The third-order valence-corrected chi connectivity index (χ3v) is 4.56. The summed E-state index contributed by atoms with van der Waals surface area (Å²) in [4.78, 5) is 23.6. The molecule has 2 heterocycles. The number of hydrogen-bond acceptors (Lipinski definition) is 6. The number of nitrogens with zero attached hydrogens (tertiary/aromatic N) is 2. The maximum absolute atomic E-state index is 12.0. The van der Waals surface area contributed by atoms with Crippen LogP contribution in [0.2, 0.25) is 0 Å². The number of pyridine rings is 1. The molecule has 116 valence electrons. The summed E-state index contributed by atoms with van der Waals surface area (Å²) >= 11 is 1.45. The van der Waals surface area contributed by atoms with Crippen molar-refractivity contribution in [3.05, 3.63) is 39.4 Å². The Bertz CT molecular complexity index is 723. The lowest BCUT2D eigenvalue weighted by Gasteiger charge is -2.11. The molecule has 0 atom stereocenters. The van der Waals surface area contributed by atoms with Crippen LogP contribution in [0.25, 0.3) is 0 Å². The van der Waals surface area contributed by atoms with Crippen LogP contribution in [0.5, 0.6) is 11.6 Å². The zero-order valence-corrected chi connectivity index (χ0v) is 13.3. The summed E-state index contributed by atoms with van der Waals surface area (Å²) < 4.78 is 10.6. The molecule has 0 radical (unpaired) electrons. The minimum Gasteiger partial charge on any atom is -0.496 e. The van der Waals surface area contributed by atoms with Crippen molar-refractivity contribution in [3.63, 3.8) is 0 Å². The maximum Gasteiger partial charge on any atom is 0.254 e. The van der Waals surface area contributed by atoms with Crippen LogP contribution >= 0.6 is 11.8 Å². The average molecular weight is 319 g/mol. The van der Waals surface area contributed by atoms with E-state index >= 15 is 0 Å². The Morgan fingerprint density at radius 1 is 1.32 bits per heavy atom. The molecule has 1 aliphatic carbocycles. The SMILES string of the molecule is COc1ccnc(OC)c1CSc1nc2c(c(=O)[nH]1)CCC2. The van der Waals surface area contributed by atoms with Crippen molar-refractivity contribution in [1.29, 1.82) is 0 Å². The molecule has 0 unspecified atom stereocenters. The highest BCUT2D eigenvalue weighted by atomic mass is 32.2. The van der Waals surface area contributed by atoms with Crippen LogP contribution in [-0.4, -0.2) is 29.2 Å². The zero-order valence-electron chi connectivity index (χ0n) is 12.5. The van der Waals surface area contributed by atoms with Crippen LogP contribution in [0.1, 0.15) is 23.2 Å². The molecule has 0 saturated heterocycles. The van der Waals surface area contributed by atoms with Gasteiger partial charge in [-0.2, -0.15) is 0 Å². The number of H-pyrrole nitrogens is 1. The fraction of sp³-hybridized carbons (Fsp3) is 0.400. The van der Waals surface area contributed by atoms with Gasteiger partial charge in [-0.15, -0.1) is 0 Å². The largest absolute Gasteiger partial charge is 0.496 e. The van der Waals surface area contributed by atoms with E-state index in [1.165, 1.54) is 11.8 Å². The number of thioether (sulfide) groups is 1. The van der Waals surface area contributed by atoms with Gasteiger partial charge in [0.1, 0.15) is 5.75 Å². The van der Waals surface area contributed by atoms with Gasteiger partial charge in [0.25, 0.3) is 5.56 Å². The second kappa shape index (κ2) is 6.39. The smallest absolute Gasteiger partial charge is 0.254 e. The van der Waals surface area contributed by atoms with E-state index in [4.69, 9.17) is 9.47 Å². The van der Waals surface area contributed by atoms with Crippen molar-refractivity contribution < 1.29 is 9.47 Å². The summed E-state index contributed by atoms with van der Waals surface area (Å²) in [5.74, 6) is 1.79. The van der Waals surface area contributed by atoms with E-state index in [1.807, 2.05) is 0 Å². The molecule has 6 nitrogen and oxygen atoms in total. The van der Waals surface area contributed by atoms with E-state index in [2.05, 4.69) is 15.0 Å². The molecule has 1 aliphatic rings. The number of hydrogen-bond donors (Lipinski definition) is 1. The summed E-state index contributed by atoms with van der Waals surface area (Å²) in [5.41, 5.74) is 2.59. The van der Waals surface area contributed by atoms with Crippen LogP contribution in [0, 0.1) is 0 Å². The summed E-state index contributed by atoms with van der Waals surface area (Å²) in [5, 5.41) is 0.624. The van der Waals surface area contributed by atoms with Crippen molar-refractivity contribution in [3.8, 4) is 11.6 Å². The lowest BCUT2D eigenvalue weighted by molar-refractivity contribution is 0.376. The van der Waals surface area contributed by atoms with E-state index < -0.39 is 0 Å². The van der Waals surface area contributed by atoms with Crippen molar-refractivity contribution in [1.82, 2.24) is 15.0 Å². The van der Waals surface area contributed by atoms with Gasteiger partial charge < -0.3 is 14.5 Å². The normalized spacial score (nSPS) is 13.0. The van der Waals surface area contributed by atoms with Crippen LogP contribution in [0.4, 0.5) is 0 Å². The molecule has 0 fully saturated rings. The number of ether oxygens (including phenoxy) is 2. The van der Waals surface area contributed by atoms with Gasteiger partial charge in [-0.05, 0) is 25.3 Å². The Kier molecular flexibility index (Phi) is 4.33. The Morgan fingerprint density at radius 2 is 2.18 bits per heavy atom. The molecule has 0 spiro atoms. The van der Waals surface area contributed by atoms with Crippen LogP contribution in [0.3, 0.4) is 0 Å². The fourth-order valence-electron chi connectivity index (χ4n) is 2.58. The van der Waals surface area contributed by atoms with Gasteiger partial charge in [0, 0.05) is 17.5 Å². The molecule has 7 heteroatoms. The predicted octanol–water partition coefficient (Wildman–Crippen LogP) is 1.96. The third kappa shape index (κ3) is 2.81. The lowest BCUT2D eigenvalue weighted by atomic mass is 10.3.